The van der Waals surface area contributed by atoms with Crippen LogP contribution in [0.25, 0.3) is 0 Å². The molecular weight excluding hydrogens is 209 g/mol. The largest absolute Gasteiger partial charge is 0.302 e. The molecule has 2 rings (SSSR count). The van der Waals surface area contributed by atoms with Gasteiger partial charge in [-0.1, -0.05) is 23.2 Å². The Labute approximate surface area is 85.9 Å². The van der Waals surface area contributed by atoms with Crippen molar-refractivity contribution in [2.75, 3.05) is 0 Å². The minimum Gasteiger partial charge on any atom is -0.302 e. The van der Waals surface area contributed by atoms with E-state index >= 15 is 0 Å². The quantitative estimate of drug-likeness (QED) is 0.561. The van der Waals surface area contributed by atoms with Crippen LogP contribution in [0.1, 0.15) is 18.4 Å². The third kappa shape index (κ3) is 1.45. The van der Waals surface area contributed by atoms with E-state index in [0.717, 1.165) is 24.7 Å². The highest BCUT2D eigenvalue weighted by molar-refractivity contribution is 6.34. The zero-order valence-electron chi connectivity index (χ0n) is 6.76. The topological polar surface area (TPSA) is 30.0 Å². The fourth-order valence-corrected chi connectivity index (χ4v) is 1.91. The minimum absolute atomic E-state index is 0.357. The molecule has 0 atom stereocenters. The fraction of sp³-hybridized carbons (Fsp3) is 0.333. The highest BCUT2D eigenvalue weighted by Crippen LogP contribution is 2.48. The summed E-state index contributed by atoms with van der Waals surface area (Å²) in [7, 11) is 0. The Morgan fingerprint density at radius 3 is 2.62 bits per heavy atom. The Morgan fingerprint density at radius 2 is 2.15 bits per heavy atom. The lowest BCUT2D eigenvalue weighted by molar-refractivity contribution is -0.109. The summed E-state index contributed by atoms with van der Waals surface area (Å²) < 4.78 is 0. The molecule has 0 aliphatic heterocycles. The lowest BCUT2D eigenvalue weighted by atomic mass is 10.00. The monoisotopic (exact) mass is 215 g/mol. The molecule has 2 nitrogen and oxygen atoms in total. The Kier molecular flexibility index (Phi) is 2.05. The normalized spacial score (nSPS) is 18.3. The maximum atomic E-state index is 10.8. The second-order valence-corrected chi connectivity index (χ2v) is 4.06. The zero-order valence-corrected chi connectivity index (χ0v) is 8.27. The van der Waals surface area contributed by atoms with Crippen LogP contribution in [0.4, 0.5) is 0 Å². The van der Waals surface area contributed by atoms with Crippen LogP contribution < -0.4 is 0 Å². The molecule has 1 heterocycles. The summed E-state index contributed by atoms with van der Waals surface area (Å²) >= 11 is 11.6. The van der Waals surface area contributed by atoms with E-state index in [9.17, 15) is 4.79 Å². The minimum atomic E-state index is -0.366. The van der Waals surface area contributed by atoms with E-state index in [0.29, 0.717) is 10.2 Å². The maximum Gasteiger partial charge on any atom is 0.130 e. The van der Waals surface area contributed by atoms with Crippen molar-refractivity contribution >= 4 is 29.5 Å². The van der Waals surface area contributed by atoms with E-state index in [1.165, 1.54) is 0 Å². The molecule has 0 N–H and O–H groups in total. The summed E-state index contributed by atoms with van der Waals surface area (Å²) in [5.74, 6) is 0. The third-order valence-corrected chi connectivity index (χ3v) is 2.89. The molecule has 4 heteroatoms. The van der Waals surface area contributed by atoms with E-state index in [1.807, 2.05) is 0 Å². The lowest BCUT2D eigenvalue weighted by Crippen LogP contribution is -2.08. The molecular formula is C9H7Cl2NO. The first-order chi connectivity index (χ1) is 6.18. The van der Waals surface area contributed by atoms with Crippen LogP contribution in [-0.4, -0.2) is 11.3 Å². The number of hydrogen-bond acceptors (Lipinski definition) is 2. The first kappa shape index (κ1) is 8.97. The second kappa shape index (κ2) is 2.96. The molecule has 0 saturated heterocycles. The second-order valence-electron chi connectivity index (χ2n) is 3.26. The van der Waals surface area contributed by atoms with Gasteiger partial charge in [0.25, 0.3) is 0 Å². The van der Waals surface area contributed by atoms with Crippen LogP contribution in [0.5, 0.6) is 0 Å². The number of carbonyl (C=O) groups is 1. The molecule has 0 radical (unpaired) electrons. The first-order valence-corrected chi connectivity index (χ1v) is 4.71. The van der Waals surface area contributed by atoms with E-state index in [-0.39, 0.29) is 5.41 Å². The summed E-state index contributed by atoms with van der Waals surface area (Å²) in [5, 5.41) is 0.889. The van der Waals surface area contributed by atoms with E-state index < -0.39 is 0 Å². The van der Waals surface area contributed by atoms with Gasteiger partial charge in [-0.3, -0.25) is 0 Å². The Morgan fingerprint density at radius 1 is 1.46 bits per heavy atom. The summed E-state index contributed by atoms with van der Waals surface area (Å²) in [6, 6.07) is 1.57. The zero-order chi connectivity index (χ0) is 9.47. The molecule has 0 aromatic carbocycles. The Balaban J connectivity index is 2.47. The standard InChI is InChI=1S/C9H7Cl2NO/c10-7-3-8(11)12-4-6(7)9(5-13)1-2-9/h3-5H,1-2H2. The van der Waals surface area contributed by atoms with Gasteiger partial charge in [-0.15, -0.1) is 0 Å². The highest BCUT2D eigenvalue weighted by atomic mass is 35.5. The van der Waals surface area contributed by atoms with Crippen LogP contribution >= 0.6 is 23.2 Å². The number of aromatic nitrogens is 1. The van der Waals surface area contributed by atoms with Crippen molar-refractivity contribution < 1.29 is 4.79 Å². The molecule has 1 aliphatic rings. The van der Waals surface area contributed by atoms with Crippen molar-refractivity contribution in [2.45, 2.75) is 18.3 Å². The molecule has 1 aromatic rings. The van der Waals surface area contributed by atoms with Gasteiger partial charge in [-0.25, -0.2) is 4.98 Å². The van der Waals surface area contributed by atoms with Crippen molar-refractivity contribution in [3.8, 4) is 0 Å². The molecule has 1 fully saturated rings. The first-order valence-electron chi connectivity index (χ1n) is 3.96. The number of hydrogen-bond donors (Lipinski definition) is 0. The van der Waals surface area contributed by atoms with Crippen molar-refractivity contribution in [3.63, 3.8) is 0 Å². The van der Waals surface area contributed by atoms with Crippen LogP contribution in [0.3, 0.4) is 0 Å². The molecule has 1 aliphatic carbocycles. The average molecular weight is 216 g/mol. The smallest absolute Gasteiger partial charge is 0.130 e. The molecule has 1 aromatic heterocycles. The van der Waals surface area contributed by atoms with Crippen molar-refractivity contribution in [1.82, 2.24) is 4.98 Å². The molecule has 0 spiro atoms. The molecule has 0 amide bonds. The molecule has 13 heavy (non-hydrogen) atoms. The van der Waals surface area contributed by atoms with Gasteiger partial charge in [0.15, 0.2) is 0 Å². The number of nitrogens with zero attached hydrogens (tertiary/aromatic N) is 1. The number of rotatable bonds is 2. The summed E-state index contributed by atoms with van der Waals surface area (Å²) in [6.07, 6.45) is 4.26. The van der Waals surface area contributed by atoms with E-state index in [1.54, 1.807) is 12.3 Å². The van der Waals surface area contributed by atoms with Gasteiger partial charge in [-0.2, -0.15) is 0 Å². The van der Waals surface area contributed by atoms with Crippen LogP contribution in [-0.2, 0) is 10.2 Å². The van der Waals surface area contributed by atoms with Crippen LogP contribution in [0.15, 0.2) is 12.3 Å². The predicted molar refractivity (Wildman–Crippen MR) is 51.2 cm³/mol. The average Bonchev–Trinajstić information content (AvgIpc) is 2.85. The van der Waals surface area contributed by atoms with Gasteiger partial charge in [0.2, 0.25) is 0 Å². The summed E-state index contributed by atoms with van der Waals surface area (Å²) in [4.78, 5) is 14.7. The number of pyridine rings is 1. The predicted octanol–water partition coefficient (Wildman–Crippen LogP) is 2.62. The van der Waals surface area contributed by atoms with Gasteiger partial charge in [0.1, 0.15) is 11.4 Å². The molecule has 0 bridgehead atoms. The maximum absolute atomic E-state index is 10.8. The van der Waals surface area contributed by atoms with Gasteiger partial charge < -0.3 is 4.79 Å². The van der Waals surface area contributed by atoms with Gasteiger partial charge in [-0.05, 0) is 18.9 Å². The van der Waals surface area contributed by atoms with E-state index in [4.69, 9.17) is 23.2 Å². The Bertz CT molecular complexity index is 361. The lowest BCUT2D eigenvalue weighted by Gasteiger charge is -2.08. The molecule has 0 unspecified atom stereocenters. The van der Waals surface area contributed by atoms with Crippen molar-refractivity contribution in [1.29, 1.82) is 0 Å². The van der Waals surface area contributed by atoms with Crippen molar-refractivity contribution in [2.24, 2.45) is 0 Å². The highest BCUT2D eigenvalue weighted by Gasteiger charge is 2.45. The molecule has 1 saturated carbocycles. The number of aldehydes is 1. The Hall–Kier alpha value is -0.600. The number of halogens is 2. The molecule has 68 valence electrons. The summed E-state index contributed by atoms with van der Waals surface area (Å²) in [6.45, 7) is 0. The van der Waals surface area contributed by atoms with Crippen molar-refractivity contribution in [3.05, 3.63) is 28.0 Å². The third-order valence-electron chi connectivity index (χ3n) is 2.37. The summed E-state index contributed by atoms with van der Waals surface area (Å²) in [5.41, 5.74) is 0.433. The number of carbonyl (C=O) groups excluding carboxylic acids is 1. The van der Waals surface area contributed by atoms with Gasteiger partial charge in [0, 0.05) is 16.8 Å². The fourth-order valence-electron chi connectivity index (χ4n) is 1.36. The SMILES string of the molecule is O=CC1(c2cnc(Cl)cc2Cl)CC1. The van der Waals surface area contributed by atoms with Crippen LogP contribution in [0, 0.1) is 0 Å². The van der Waals surface area contributed by atoms with Crippen LogP contribution in [0.2, 0.25) is 10.2 Å². The van der Waals surface area contributed by atoms with Gasteiger partial charge >= 0.3 is 0 Å². The van der Waals surface area contributed by atoms with Gasteiger partial charge in [0.05, 0.1) is 5.41 Å². The van der Waals surface area contributed by atoms with E-state index in [2.05, 4.69) is 4.98 Å².